The number of nitrogens with zero attached hydrogens (tertiary/aromatic N) is 2. The van der Waals surface area contributed by atoms with Gasteiger partial charge in [-0.05, 0) is 36.6 Å². The minimum absolute atomic E-state index is 0.0568. The van der Waals surface area contributed by atoms with Crippen LogP contribution in [0.5, 0.6) is 0 Å². The minimum Gasteiger partial charge on any atom is -0.447 e. The Balaban J connectivity index is 2.06. The zero-order valence-corrected chi connectivity index (χ0v) is 14.6. The summed E-state index contributed by atoms with van der Waals surface area (Å²) in [6.07, 6.45) is 4.56. The molecular formula is C19H20N4O3. The highest BCUT2D eigenvalue weighted by Crippen LogP contribution is 2.33. The second kappa shape index (κ2) is 7.26. The molecule has 0 aliphatic rings. The molecule has 0 unspecified atom stereocenters. The lowest BCUT2D eigenvalue weighted by molar-refractivity contribution is 0.0977. The average Bonchev–Trinajstić information content (AvgIpc) is 3.02. The summed E-state index contributed by atoms with van der Waals surface area (Å²) in [7, 11) is 0. The largest absolute Gasteiger partial charge is 0.447 e. The molecule has 0 spiro atoms. The Hall–Kier alpha value is -3.35. The number of rotatable bonds is 6. The Morgan fingerprint density at radius 1 is 1.35 bits per heavy atom. The van der Waals surface area contributed by atoms with Crippen LogP contribution in [0.3, 0.4) is 0 Å². The van der Waals surface area contributed by atoms with Crippen molar-refractivity contribution in [3.63, 3.8) is 0 Å². The Bertz CT molecular complexity index is 992. The number of anilines is 2. The van der Waals surface area contributed by atoms with Crippen LogP contribution >= 0.6 is 0 Å². The number of nitrogens with one attached hydrogen (secondary N) is 1. The maximum Gasteiger partial charge on any atom is 0.286 e. The molecule has 2 aromatic heterocycles. The number of aromatic nitrogens is 1. The van der Waals surface area contributed by atoms with E-state index < -0.39 is 5.91 Å². The lowest BCUT2D eigenvalue weighted by Gasteiger charge is -2.12. The number of pyridine rings is 1. The monoisotopic (exact) mass is 352 g/mol. The van der Waals surface area contributed by atoms with Gasteiger partial charge in [0.2, 0.25) is 5.76 Å². The van der Waals surface area contributed by atoms with E-state index in [1.165, 1.54) is 0 Å². The number of fused-ring (bicyclic) bond motifs is 1. The van der Waals surface area contributed by atoms with Crippen LogP contribution in [-0.2, 0) is 6.42 Å². The van der Waals surface area contributed by atoms with E-state index in [0.29, 0.717) is 23.4 Å². The molecular weight excluding hydrogens is 332 g/mol. The number of primary amides is 1. The van der Waals surface area contributed by atoms with Gasteiger partial charge in [0.15, 0.2) is 5.58 Å². The molecule has 1 aromatic carbocycles. The molecule has 3 aromatic rings. The van der Waals surface area contributed by atoms with Gasteiger partial charge in [-0.1, -0.05) is 25.1 Å². The number of amides is 1. The highest BCUT2D eigenvalue weighted by molar-refractivity contribution is 6.07. The zero-order chi connectivity index (χ0) is 18.7. The van der Waals surface area contributed by atoms with Crippen molar-refractivity contribution < 1.29 is 14.4 Å². The van der Waals surface area contributed by atoms with Gasteiger partial charge >= 0.3 is 0 Å². The van der Waals surface area contributed by atoms with Crippen molar-refractivity contribution in [1.29, 1.82) is 0 Å². The summed E-state index contributed by atoms with van der Waals surface area (Å²) >= 11 is 0. The smallest absolute Gasteiger partial charge is 0.286 e. The number of aryl methyl sites for hydroxylation is 1. The summed E-state index contributed by atoms with van der Waals surface area (Å²) < 4.78 is 5.53. The van der Waals surface area contributed by atoms with Crippen molar-refractivity contribution in [1.82, 2.24) is 4.98 Å². The van der Waals surface area contributed by atoms with Crippen LogP contribution in [-0.4, -0.2) is 21.8 Å². The molecule has 0 saturated carbocycles. The van der Waals surface area contributed by atoms with E-state index >= 15 is 0 Å². The predicted octanol–water partition coefficient (Wildman–Crippen LogP) is 3.82. The van der Waals surface area contributed by atoms with Crippen molar-refractivity contribution in [2.75, 3.05) is 5.32 Å². The molecule has 0 saturated heterocycles. The first-order valence-corrected chi connectivity index (χ1v) is 8.36. The first-order valence-electron chi connectivity index (χ1n) is 8.36. The van der Waals surface area contributed by atoms with Crippen LogP contribution in [0.1, 0.15) is 41.9 Å². The molecule has 0 radical (unpaired) electrons. The maximum absolute atomic E-state index is 11.8. The van der Waals surface area contributed by atoms with Crippen molar-refractivity contribution >= 4 is 34.0 Å². The second-order valence-corrected chi connectivity index (χ2v) is 5.79. The van der Waals surface area contributed by atoms with E-state index in [1.54, 1.807) is 18.5 Å². The van der Waals surface area contributed by atoms with Crippen LogP contribution < -0.4 is 11.1 Å². The Morgan fingerprint density at radius 2 is 2.15 bits per heavy atom. The van der Waals surface area contributed by atoms with Gasteiger partial charge < -0.3 is 20.7 Å². The molecule has 0 fully saturated rings. The van der Waals surface area contributed by atoms with Gasteiger partial charge in [0.25, 0.3) is 5.91 Å². The number of carbonyl (C=O) groups excluding carboxylic acids is 1. The number of nitrogens with two attached hydrogens (primary N) is 1. The molecule has 0 aliphatic heterocycles. The molecule has 3 rings (SSSR count). The summed E-state index contributed by atoms with van der Waals surface area (Å²) in [5, 5.41) is 16.5. The lowest BCUT2D eigenvalue weighted by atomic mass is 9.98. The van der Waals surface area contributed by atoms with Gasteiger partial charge in [-0.3, -0.25) is 9.78 Å². The van der Waals surface area contributed by atoms with Crippen LogP contribution in [0, 0.1) is 0 Å². The fourth-order valence-electron chi connectivity index (χ4n) is 2.95. The minimum atomic E-state index is -0.656. The fraction of sp³-hybridized carbons (Fsp3) is 0.211. The topological polar surface area (TPSA) is 114 Å². The van der Waals surface area contributed by atoms with Gasteiger partial charge in [0, 0.05) is 22.8 Å². The normalized spacial score (nSPS) is 11.7. The number of oxime groups is 1. The summed E-state index contributed by atoms with van der Waals surface area (Å²) in [5.41, 5.74) is 9.78. The fourth-order valence-corrected chi connectivity index (χ4v) is 2.95. The second-order valence-electron chi connectivity index (χ2n) is 5.79. The maximum atomic E-state index is 11.8. The van der Waals surface area contributed by atoms with Crippen molar-refractivity contribution in [2.45, 2.75) is 26.7 Å². The van der Waals surface area contributed by atoms with Gasteiger partial charge in [0.05, 0.1) is 17.6 Å². The molecule has 7 nitrogen and oxygen atoms in total. The Morgan fingerprint density at radius 3 is 2.81 bits per heavy atom. The van der Waals surface area contributed by atoms with Crippen molar-refractivity contribution in [3.05, 3.63) is 53.5 Å². The number of carbonyl (C=O) groups is 1. The molecule has 2 heterocycles. The number of hydrogen-bond acceptors (Lipinski definition) is 6. The summed E-state index contributed by atoms with van der Waals surface area (Å²) in [6, 6.07) is 7.48. The average molecular weight is 352 g/mol. The first kappa shape index (κ1) is 17.5. The van der Waals surface area contributed by atoms with E-state index in [9.17, 15) is 10.0 Å². The quantitative estimate of drug-likeness (QED) is 0.354. The molecule has 1 amide bonds. The highest BCUT2D eigenvalue weighted by Gasteiger charge is 2.19. The van der Waals surface area contributed by atoms with Crippen LogP contribution in [0.25, 0.3) is 11.0 Å². The van der Waals surface area contributed by atoms with Gasteiger partial charge in [-0.2, -0.15) is 0 Å². The molecule has 0 atom stereocenters. The van der Waals surface area contributed by atoms with E-state index in [1.807, 2.05) is 32.0 Å². The van der Waals surface area contributed by atoms with Crippen molar-refractivity contribution in [2.24, 2.45) is 10.9 Å². The molecule has 134 valence electrons. The third kappa shape index (κ3) is 3.11. The van der Waals surface area contributed by atoms with Crippen molar-refractivity contribution in [3.8, 4) is 0 Å². The first-order chi connectivity index (χ1) is 12.6. The third-order valence-corrected chi connectivity index (χ3v) is 4.24. The van der Waals surface area contributed by atoms with E-state index in [4.69, 9.17) is 10.2 Å². The van der Waals surface area contributed by atoms with E-state index in [2.05, 4.69) is 15.5 Å². The predicted molar refractivity (Wildman–Crippen MR) is 100 cm³/mol. The SMILES string of the molecule is CC/C(=N\O)c1ccc(Nc2c(C(N)=O)oc3cnccc23)cc1CC. The number of furan rings is 1. The Kier molecular flexibility index (Phi) is 4.88. The lowest BCUT2D eigenvalue weighted by Crippen LogP contribution is -2.12. The Labute approximate surface area is 150 Å². The number of benzene rings is 1. The highest BCUT2D eigenvalue weighted by atomic mass is 16.4. The molecule has 0 aliphatic carbocycles. The molecule has 0 bridgehead atoms. The van der Waals surface area contributed by atoms with Gasteiger partial charge in [-0.25, -0.2) is 0 Å². The molecule has 7 heteroatoms. The summed E-state index contributed by atoms with van der Waals surface area (Å²) in [5.74, 6) is -0.599. The summed E-state index contributed by atoms with van der Waals surface area (Å²) in [4.78, 5) is 15.8. The number of hydrogen-bond donors (Lipinski definition) is 3. The van der Waals surface area contributed by atoms with Crippen LogP contribution in [0.2, 0.25) is 0 Å². The van der Waals surface area contributed by atoms with E-state index in [0.717, 1.165) is 28.6 Å². The van der Waals surface area contributed by atoms with E-state index in [-0.39, 0.29) is 5.76 Å². The molecule has 26 heavy (non-hydrogen) atoms. The summed E-state index contributed by atoms with van der Waals surface area (Å²) in [6.45, 7) is 3.96. The van der Waals surface area contributed by atoms with Gasteiger partial charge in [0.1, 0.15) is 0 Å². The third-order valence-electron chi connectivity index (χ3n) is 4.24. The molecule has 4 N–H and O–H groups in total. The van der Waals surface area contributed by atoms with Crippen LogP contribution in [0.15, 0.2) is 46.2 Å². The van der Waals surface area contributed by atoms with Gasteiger partial charge in [-0.15, -0.1) is 0 Å². The van der Waals surface area contributed by atoms with Crippen LogP contribution in [0.4, 0.5) is 11.4 Å². The zero-order valence-electron chi connectivity index (χ0n) is 14.6. The standard InChI is InChI=1S/C19H20N4O3/c1-3-11-9-12(5-6-13(11)15(4-2)23-25)22-17-14-7-8-21-10-16(14)26-18(17)19(20)24/h5-10,22,25H,3-4H2,1-2H3,(H2,20,24)/b23-15+.